The number of dihydropyridines is 1. The van der Waals surface area contributed by atoms with Crippen molar-refractivity contribution >= 4 is 23.3 Å². The second-order valence-corrected chi connectivity index (χ2v) is 12.9. The number of rotatable bonds is 6. The Morgan fingerprint density at radius 2 is 1.47 bits per heavy atom. The Labute approximate surface area is 347 Å². The van der Waals surface area contributed by atoms with Gasteiger partial charge in [0.2, 0.25) is 0 Å². The molecule has 0 radical (unpaired) electrons. The number of fused-ring (bicyclic) bond motifs is 2. The normalized spacial score (nSPS) is 13.3. The summed E-state index contributed by atoms with van der Waals surface area (Å²) in [6.07, 6.45) is 19.3. The average Bonchev–Trinajstić information content (AvgIpc) is 3.29. The van der Waals surface area contributed by atoms with E-state index < -0.39 is 0 Å². The van der Waals surface area contributed by atoms with Crippen molar-refractivity contribution < 1.29 is 0 Å². The monoisotopic (exact) mass is 768 g/mol. The molecule has 57 heavy (non-hydrogen) atoms. The third-order valence-electron chi connectivity index (χ3n) is 9.09. The summed E-state index contributed by atoms with van der Waals surface area (Å²) in [5.74, 6) is 0. The molecule has 5 heteroatoms. The second kappa shape index (κ2) is 30.0. The van der Waals surface area contributed by atoms with Gasteiger partial charge in [0.25, 0.3) is 0 Å². The van der Waals surface area contributed by atoms with Gasteiger partial charge in [0.05, 0.1) is 6.17 Å². The molecule has 1 aliphatic heterocycles. The zero-order valence-electron chi connectivity index (χ0n) is 36.8. The third-order valence-corrected chi connectivity index (χ3v) is 9.09. The Bertz CT molecular complexity index is 1880. The molecule has 0 bridgehead atoms. The molecule has 5 nitrogen and oxygen atoms in total. The molecule has 2 aliphatic carbocycles. The number of nitrogens with one attached hydrogen (secondary N) is 3. The molecule has 0 aromatic heterocycles. The largest absolute Gasteiger partial charge is 0.391 e. The van der Waals surface area contributed by atoms with Gasteiger partial charge in [0, 0.05) is 24.9 Å². The first-order chi connectivity index (χ1) is 27.9. The average molecular weight is 768 g/mol. The smallest absolute Gasteiger partial charge is 0.0807 e. The zero-order valence-corrected chi connectivity index (χ0v) is 36.8. The fourth-order valence-corrected chi connectivity index (χ4v) is 6.30. The molecule has 0 amide bonds. The van der Waals surface area contributed by atoms with Gasteiger partial charge in [0.1, 0.15) is 0 Å². The number of aryl methyl sites for hydroxylation is 3. The van der Waals surface area contributed by atoms with Crippen LogP contribution in [0.2, 0.25) is 0 Å². The second-order valence-electron chi connectivity index (χ2n) is 12.9. The standard InChI is InChI=1S/C22H23N.C11H12.C8H12N2.C6H9N.2C2H6.CH5N/c1-4-9-17-10-5-7-12-19(17)16(2)22-20-13-8-6-11-18(20)14-15-21(22)23-3;1-9-6-7-10-4-2-3-5-11(10)8-9;1-10-8(9)7-5-3-2-4-6-7;1-6-3-2-4-7-5-6;3*1-2/h4-13,23H,2,14-15H2,1,3H3;2,4,6-8H,3,5H2,1H3;2-6,8,10H,9H2,1H3;2-4,7H,5H2,1H3;2*1-2H3;2H2,1H3/b9-4-;;;;;;. The van der Waals surface area contributed by atoms with Gasteiger partial charge in [-0.3, -0.25) is 0 Å². The summed E-state index contributed by atoms with van der Waals surface area (Å²) < 4.78 is 0. The molecule has 0 fully saturated rings. The van der Waals surface area contributed by atoms with Crippen molar-refractivity contribution in [3.63, 3.8) is 0 Å². The molecule has 4 aromatic rings. The van der Waals surface area contributed by atoms with E-state index in [2.05, 4.69) is 139 Å². The molecular weight excluding hydrogens is 695 g/mol. The summed E-state index contributed by atoms with van der Waals surface area (Å²) in [4.78, 5) is 0. The Balaban J connectivity index is 0.000000400. The molecule has 1 heterocycles. The highest BCUT2D eigenvalue weighted by Gasteiger charge is 2.21. The van der Waals surface area contributed by atoms with E-state index >= 15 is 0 Å². The van der Waals surface area contributed by atoms with Crippen LogP contribution in [-0.4, -0.2) is 27.7 Å². The maximum Gasteiger partial charge on any atom is 0.0807 e. The van der Waals surface area contributed by atoms with Crippen molar-refractivity contribution in [1.29, 1.82) is 0 Å². The van der Waals surface area contributed by atoms with Crippen molar-refractivity contribution in [2.75, 3.05) is 27.7 Å². The van der Waals surface area contributed by atoms with Crippen LogP contribution in [0.4, 0.5) is 0 Å². The summed E-state index contributed by atoms with van der Waals surface area (Å²) in [5.41, 5.74) is 25.7. The minimum Gasteiger partial charge on any atom is -0.391 e. The Hall–Kier alpha value is -5.20. The Morgan fingerprint density at radius 3 is 2.09 bits per heavy atom. The Kier molecular flexibility index (Phi) is 26.2. The van der Waals surface area contributed by atoms with Crippen LogP contribution in [0.1, 0.15) is 105 Å². The maximum atomic E-state index is 5.68. The zero-order chi connectivity index (χ0) is 42.4. The van der Waals surface area contributed by atoms with Crippen LogP contribution in [0.3, 0.4) is 0 Å². The Morgan fingerprint density at radius 1 is 0.807 bits per heavy atom. The van der Waals surface area contributed by atoms with Crippen LogP contribution in [0, 0.1) is 6.92 Å². The fraction of sp³-hybridized carbons (Fsp3) is 0.308. The van der Waals surface area contributed by atoms with Crippen molar-refractivity contribution in [3.05, 3.63) is 190 Å². The van der Waals surface area contributed by atoms with Crippen molar-refractivity contribution in [2.24, 2.45) is 11.5 Å². The molecule has 0 saturated carbocycles. The highest BCUT2D eigenvalue weighted by molar-refractivity contribution is 6.07. The fourth-order valence-electron chi connectivity index (χ4n) is 6.30. The van der Waals surface area contributed by atoms with Gasteiger partial charge in [-0.25, -0.2) is 0 Å². The van der Waals surface area contributed by atoms with Crippen LogP contribution in [0.5, 0.6) is 0 Å². The van der Waals surface area contributed by atoms with Crippen LogP contribution >= 0.6 is 0 Å². The third kappa shape index (κ3) is 16.8. The van der Waals surface area contributed by atoms with Gasteiger partial charge in [-0.1, -0.05) is 173 Å². The first-order valence-corrected chi connectivity index (χ1v) is 20.6. The highest BCUT2D eigenvalue weighted by Crippen LogP contribution is 2.39. The van der Waals surface area contributed by atoms with E-state index in [1.165, 1.54) is 75.7 Å². The first kappa shape index (κ1) is 49.8. The number of benzene rings is 4. The van der Waals surface area contributed by atoms with E-state index in [0.717, 1.165) is 30.5 Å². The van der Waals surface area contributed by atoms with Crippen LogP contribution in [-0.2, 0) is 12.8 Å². The van der Waals surface area contributed by atoms with Crippen LogP contribution in [0.15, 0.2) is 145 Å². The number of hydrogen-bond acceptors (Lipinski definition) is 5. The lowest BCUT2D eigenvalue weighted by molar-refractivity contribution is 0.622. The van der Waals surface area contributed by atoms with Crippen LogP contribution in [0.25, 0.3) is 23.3 Å². The molecule has 0 saturated heterocycles. The summed E-state index contributed by atoms with van der Waals surface area (Å²) in [6.45, 7) is 19.8. The van der Waals surface area contributed by atoms with Gasteiger partial charge in [-0.05, 0) is 117 Å². The van der Waals surface area contributed by atoms with Gasteiger partial charge >= 0.3 is 0 Å². The molecule has 1 unspecified atom stereocenters. The number of hydrogen-bond donors (Lipinski definition) is 5. The number of allylic oxidation sites excluding steroid dienone is 7. The van der Waals surface area contributed by atoms with Crippen molar-refractivity contribution in [1.82, 2.24) is 16.0 Å². The molecule has 7 N–H and O–H groups in total. The van der Waals surface area contributed by atoms with Crippen molar-refractivity contribution in [2.45, 2.75) is 80.3 Å². The molecular formula is C52H73N5. The van der Waals surface area contributed by atoms with E-state index in [-0.39, 0.29) is 6.17 Å². The summed E-state index contributed by atoms with van der Waals surface area (Å²) >= 11 is 0. The molecule has 0 spiro atoms. The highest BCUT2D eigenvalue weighted by atomic mass is 15.0. The number of nitrogens with two attached hydrogens (primary N) is 2. The van der Waals surface area contributed by atoms with E-state index in [9.17, 15) is 0 Å². The summed E-state index contributed by atoms with van der Waals surface area (Å²) in [5, 5.41) is 9.44. The minimum absolute atomic E-state index is 0.0406. The lowest BCUT2D eigenvalue weighted by Gasteiger charge is -2.25. The van der Waals surface area contributed by atoms with Crippen molar-refractivity contribution in [3.8, 4) is 0 Å². The van der Waals surface area contributed by atoms with Crippen LogP contribution < -0.4 is 27.4 Å². The molecule has 7 rings (SSSR count). The SMILES string of the molecule is C=C(C1=C(NC)CCc2ccccc21)c1ccccc1/C=C\C.CC.CC.CC1=CC=CNC1.CN.CNC(N)c1ccccc1.Cc1ccc2c(c1)CCC=C2. The van der Waals surface area contributed by atoms with E-state index in [4.69, 9.17) is 5.73 Å². The first-order valence-electron chi connectivity index (χ1n) is 20.6. The van der Waals surface area contributed by atoms with E-state index in [1.54, 1.807) is 0 Å². The molecule has 4 aromatic carbocycles. The maximum absolute atomic E-state index is 5.68. The molecule has 1 atom stereocenters. The summed E-state index contributed by atoms with van der Waals surface area (Å²) in [7, 11) is 5.35. The molecule has 306 valence electrons. The van der Waals surface area contributed by atoms with Gasteiger partial charge in [0.15, 0.2) is 0 Å². The summed E-state index contributed by atoms with van der Waals surface area (Å²) in [6, 6.07) is 33.8. The lowest BCUT2D eigenvalue weighted by atomic mass is 9.82. The quantitative estimate of drug-likeness (QED) is 0.126. The predicted octanol–water partition coefficient (Wildman–Crippen LogP) is 11.8. The van der Waals surface area contributed by atoms with E-state index in [1.807, 2.05) is 91.3 Å². The van der Waals surface area contributed by atoms with Gasteiger partial charge in [-0.2, -0.15) is 0 Å². The minimum atomic E-state index is -0.0406. The lowest BCUT2D eigenvalue weighted by Crippen LogP contribution is -2.24. The predicted molar refractivity (Wildman–Crippen MR) is 256 cm³/mol. The topological polar surface area (TPSA) is 88.1 Å². The van der Waals surface area contributed by atoms with Gasteiger partial charge in [-0.15, -0.1) is 0 Å². The van der Waals surface area contributed by atoms with Gasteiger partial charge < -0.3 is 27.4 Å². The van der Waals surface area contributed by atoms with E-state index in [0.29, 0.717) is 0 Å². The molecule has 3 aliphatic rings.